The monoisotopic (exact) mass is 537 g/mol. The third kappa shape index (κ3) is 5.81. The topological polar surface area (TPSA) is 107 Å². The van der Waals surface area contributed by atoms with Crippen LogP contribution >= 0.6 is 11.3 Å². The fourth-order valence-electron chi connectivity index (χ4n) is 3.99. The third-order valence-corrected chi connectivity index (χ3v) is 8.04. The van der Waals surface area contributed by atoms with Crippen LogP contribution in [0.2, 0.25) is 0 Å². The van der Waals surface area contributed by atoms with E-state index in [1.807, 2.05) is 32.9 Å². The van der Waals surface area contributed by atoms with Gasteiger partial charge >= 0.3 is 5.97 Å². The van der Waals surface area contributed by atoms with Crippen molar-refractivity contribution in [3.63, 3.8) is 0 Å². The van der Waals surface area contributed by atoms with Gasteiger partial charge in [0.25, 0.3) is 15.9 Å². The van der Waals surface area contributed by atoms with E-state index in [4.69, 9.17) is 4.74 Å². The number of nitrogens with zero attached hydrogens (tertiary/aromatic N) is 2. The second-order valence-electron chi connectivity index (χ2n) is 8.59. The number of aryl methyl sites for hydroxylation is 3. The van der Waals surface area contributed by atoms with Crippen LogP contribution in [-0.4, -0.2) is 31.5 Å². The van der Waals surface area contributed by atoms with Crippen molar-refractivity contribution in [1.29, 1.82) is 0 Å². The molecule has 0 aliphatic heterocycles. The van der Waals surface area contributed by atoms with Crippen molar-refractivity contribution in [1.82, 2.24) is 4.57 Å². The molecule has 0 fully saturated rings. The number of amides is 1. The Bertz CT molecular complexity index is 1670. The minimum Gasteiger partial charge on any atom is -0.465 e. The Morgan fingerprint density at radius 2 is 1.70 bits per heavy atom. The average Bonchev–Trinajstić information content (AvgIpc) is 3.16. The second kappa shape index (κ2) is 10.7. The number of sulfonamides is 1. The zero-order valence-corrected chi connectivity index (χ0v) is 22.6. The van der Waals surface area contributed by atoms with Crippen molar-refractivity contribution in [3.05, 3.63) is 87.7 Å². The maximum Gasteiger partial charge on any atom is 0.326 e. The number of esters is 1. The summed E-state index contributed by atoms with van der Waals surface area (Å²) in [5.74, 6) is -1.08. The number of aromatic nitrogens is 1. The Hall–Kier alpha value is -3.76. The summed E-state index contributed by atoms with van der Waals surface area (Å²) in [5, 5.41) is 0. The predicted octanol–water partition coefficient (Wildman–Crippen LogP) is 4.73. The first-order valence-corrected chi connectivity index (χ1v) is 13.9. The van der Waals surface area contributed by atoms with Crippen molar-refractivity contribution >= 4 is 49.1 Å². The maximum absolute atomic E-state index is 13.4. The number of hydrogen-bond acceptors (Lipinski definition) is 6. The van der Waals surface area contributed by atoms with Gasteiger partial charge in [-0.1, -0.05) is 47.2 Å². The van der Waals surface area contributed by atoms with Gasteiger partial charge in [0.2, 0.25) is 0 Å². The van der Waals surface area contributed by atoms with E-state index in [9.17, 15) is 18.0 Å². The van der Waals surface area contributed by atoms with E-state index in [2.05, 4.69) is 9.71 Å². The van der Waals surface area contributed by atoms with E-state index in [0.29, 0.717) is 4.80 Å². The number of ether oxygens (including phenoxy) is 1. The zero-order valence-electron chi connectivity index (χ0n) is 20.9. The molecule has 0 aliphatic carbocycles. The average molecular weight is 538 g/mol. The zero-order chi connectivity index (χ0) is 26.7. The second-order valence-corrected chi connectivity index (χ2v) is 11.3. The van der Waals surface area contributed by atoms with E-state index in [1.54, 1.807) is 35.8 Å². The van der Waals surface area contributed by atoms with Gasteiger partial charge in [-0.3, -0.25) is 14.3 Å². The van der Waals surface area contributed by atoms with Crippen molar-refractivity contribution in [3.8, 4) is 0 Å². The van der Waals surface area contributed by atoms with Crippen molar-refractivity contribution in [2.24, 2.45) is 4.99 Å². The van der Waals surface area contributed by atoms with E-state index >= 15 is 0 Å². The summed E-state index contributed by atoms with van der Waals surface area (Å²) >= 11 is 1.28. The van der Waals surface area contributed by atoms with Gasteiger partial charge in [0.05, 0.1) is 33.0 Å². The number of nitrogens with one attached hydrogen (secondary N) is 1. The SMILES string of the molecule is CCOC(=O)Cn1c(=NC(=O)c2ccccc2NS(=O)(=O)c2ccc(C)cc2)sc2cc(C)cc(C)c21. The fraction of sp³-hybridized carbons (Fsp3) is 0.222. The molecule has 0 radical (unpaired) electrons. The highest BCUT2D eigenvalue weighted by Gasteiger charge is 2.20. The first-order chi connectivity index (χ1) is 17.6. The van der Waals surface area contributed by atoms with Crippen molar-refractivity contribution in [2.75, 3.05) is 11.3 Å². The summed E-state index contributed by atoms with van der Waals surface area (Å²) < 4.78 is 36.1. The lowest BCUT2D eigenvalue weighted by Gasteiger charge is -2.11. The first kappa shape index (κ1) is 26.3. The Kier molecular flexibility index (Phi) is 7.60. The molecule has 0 saturated heterocycles. The molecule has 4 rings (SSSR count). The maximum atomic E-state index is 13.4. The Balaban J connectivity index is 1.78. The van der Waals surface area contributed by atoms with Crippen molar-refractivity contribution in [2.45, 2.75) is 39.1 Å². The Labute approximate surface area is 219 Å². The molecule has 0 saturated carbocycles. The molecule has 1 heterocycles. The number of thiazole rings is 1. The number of fused-ring (bicyclic) bond motifs is 1. The molecular weight excluding hydrogens is 510 g/mol. The molecule has 1 N–H and O–H groups in total. The van der Waals surface area contributed by atoms with Gasteiger partial charge in [0.1, 0.15) is 6.54 Å². The van der Waals surface area contributed by atoms with Crippen LogP contribution in [0.25, 0.3) is 10.2 Å². The van der Waals surface area contributed by atoms with Crippen LogP contribution in [-0.2, 0) is 26.1 Å². The lowest BCUT2D eigenvalue weighted by Crippen LogP contribution is -2.23. The predicted molar refractivity (Wildman–Crippen MR) is 144 cm³/mol. The fourth-order valence-corrected chi connectivity index (χ4v) is 6.27. The summed E-state index contributed by atoms with van der Waals surface area (Å²) in [6, 6.07) is 16.7. The number of para-hydroxylation sites is 1. The molecule has 0 atom stereocenters. The lowest BCUT2D eigenvalue weighted by atomic mass is 10.1. The smallest absolute Gasteiger partial charge is 0.326 e. The van der Waals surface area contributed by atoms with Crippen molar-refractivity contribution < 1.29 is 22.7 Å². The van der Waals surface area contributed by atoms with Crippen LogP contribution in [0, 0.1) is 20.8 Å². The Morgan fingerprint density at radius 3 is 2.41 bits per heavy atom. The van der Waals surface area contributed by atoms with Gasteiger partial charge in [-0.05, 0) is 69.2 Å². The minimum absolute atomic E-state index is 0.0833. The van der Waals surface area contributed by atoms with E-state index < -0.39 is 21.9 Å². The van der Waals surface area contributed by atoms with Gasteiger partial charge in [0.15, 0.2) is 4.80 Å². The molecule has 37 heavy (non-hydrogen) atoms. The van der Waals surface area contributed by atoms with Gasteiger partial charge in [0, 0.05) is 0 Å². The molecule has 3 aromatic carbocycles. The van der Waals surface area contributed by atoms with Crippen LogP contribution in [0.1, 0.15) is 34.0 Å². The summed E-state index contributed by atoms with van der Waals surface area (Å²) in [4.78, 5) is 30.5. The lowest BCUT2D eigenvalue weighted by molar-refractivity contribution is -0.143. The number of carbonyl (C=O) groups is 2. The number of anilines is 1. The standard InChI is InChI=1S/C27H27N3O5S2/c1-5-35-24(31)16-30-25-19(4)14-18(3)15-23(25)36-27(30)28-26(32)21-8-6-7-9-22(21)29-37(33,34)20-12-10-17(2)11-13-20/h6-15,29H,5,16H2,1-4H3. The molecule has 0 bridgehead atoms. The largest absolute Gasteiger partial charge is 0.465 e. The summed E-state index contributed by atoms with van der Waals surface area (Å²) in [5.41, 5.74) is 3.91. The number of carbonyl (C=O) groups excluding carboxylic acids is 2. The molecule has 8 nitrogen and oxygen atoms in total. The van der Waals surface area contributed by atoms with E-state index in [-0.39, 0.29) is 29.3 Å². The van der Waals surface area contributed by atoms with Gasteiger partial charge in [-0.25, -0.2) is 8.42 Å². The van der Waals surface area contributed by atoms with Gasteiger partial charge < -0.3 is 9.30 Å². The van der Waals surface area contributed by atoms with Gasteiger partial charge in [-0.15, -0.1) is 0 Å². The number of rotatable bonds is 7. The quantitative estimate of drug-likeness (QED) is 0.343. The van der Waals surface area contributed by atoms with Gasteiger partial charge in [-0.2, -0.15) is 4.99 Å². The van der Waals surface area contributed by atoms with Crippen LogP contribution in [0.5, 0.6) is 0 Å². The number of benzene rings is 3. The molecule has 1 aromatic heterocycles. The highest BCUT2D eigenvalue weighted by atomic mass is 32.2. The van der Waals surface area contributed by atoms with E-state index in [1.165, 1.54) is 35.6 Å². The summed E-state index contributed by atoms with van der Waals surface area (Å²) in [6.07, 6.45) is 0. The first-order valence-electron chi connectivity index (χ1n) is 11.6. The molecular formula is C27H27N3O5S2. The molecule has 4 aromatic rings. The molecule has 0 spiro atoms. The molecule has 192 valence electrons. The third-order valence-electron chi connectivity index (χ3n) is 5.63. The minimum atomic E-state index is -3.93. The normalized spacial score (nSPS) is 12.1. The highest BCUT2D eigenvalue weighted by Crippen LogP contribution is 2.25. The van der Waals surface area contributed by atoms with Crippen LogP contribution in [0.4, 0.5) is 5.69 Å². The van der Waals surface area contributed by atoms with E-state index in [0.717, 1.165) is 26.9 Å². The molecule has 10 heteroatoms. The Morgan fingerprint density at radius 1 is 1.00 bits per heavy atom. The molecule has 0 unspecified atom stereocenters. The molecule has 1 amide bonds. The van der Waals surface area contributed by atoms with Crippen LogP contribution < -0.4 is 9.52 Å². The highest BCUT2D eigenvalue weighted by molar-refractivity contribution is 7.92. The molecule has 0 aliphatic rings. The summed E-state index contributed by atoms with van der Waals surface area (Å²) in [7, 11) is -3.93. The van der Waals surface area contributed by atoms with Crippen LogP contribution in [0.3, 0.4) is 0 Å². The summed E-state index contributed by atoms with van der Waals surface area (Å²) in [6.45, 7) is 7.63. The van der Waals surface area contributed by atoms with Crippen LogP contribution in [0.15, 0.2) is 70.6 Å². The number of hydrogen-bond donors (Lipinski definition) is 1.